The molecule has 0 bridgehead atoms. The summed E-state index contributed by atoms with van der Waals surface area (Å²) < 4.78 is 0. The Kier molecular flexibility index (Phi) is 4.44. The van der Waals surface area contributed by atoms with Gasteiger partial charge in [-0.25, -0.2) is 4.79 Å². The molecule has 2 N–H and O–H groups in total. The predicted octanol–water partition coefficient (Wildman–Crippen LogP) is 4.08. The molecule has 4 nitrogen and oxygen atoms in total. The van der Waals surface area contributed by atoms with E-state index < -0.39 is 0 Å². The van der Waals surface area contributed by atoms with Gasteiger partial charge in [0.1, 0.15) is 0 Å². The molecule has 2 aromatic rings. The van der Waals surface area contributed by atoms with E-state index in [0.29, 0.717) is 5.92 Å². The van der Waals surface area contributed by atoms with Gasteiger partial charge in [0, 0.05) is 42.5 Å². The van der Waals surface area contributed by atoms with Crippen LogP contribution in [0, 0.1) is 0 Å². The number of halogens is 1. The zero-order valence-electron chi connectivity index (χ0n) is 13.2. The molecule has 0 spiro atoms. The van der Waals surface area contributed by atoms with Gasteiger partial charge in [0.2, 0.25) is 0 Å². The zero-order valence-corrected chi connectivity index (χ0v) is 14.0. The Morgan fingerprint density at radius 3 is 2.57 bits per heavy atom. The number of benzene rings is 2. The van der Waals surface area contributed by atoms with Gasteiger partial charge in [0.05, 0.1) is 0 Å². The Morgan fingerprint density at radius 1 is 1.17 bits per heavy atom. The van der Waals surface area contributed by atoms with Gasteiger partial charge in [-0.3, -0.25) is 0 Å². The van der Waals surface area contributed by atoms with Crippen LogP contribution < -0.4 is 15.5 Å². The standard InChI is InChI=1S/C18H20ClN3O/c1-22(2)15-8-6-14(7-9-15)20-18(23)21-17-11-16(17)12-4-3-5-13(19)10-12/h3-10,16-17H,11H2,1-2H3,(H2,20,21,23). The van der Waals surface area contributed by atoms with Crippen LogP contribution in [0.25, 0.3) is 0 Å². The minimum Gasteiger partial charge on any atom is -0.378 e. The zero-order chi connectivity index (χ0) is 16.4. The Balaban J connectivity index is 1.52. The third-order valence-corrected chi connectivity index (χ3v) is 4.26. The fraction of sp³-hybridized carbons (Fsp3) is 0.278. The van der Waals surface area contributed by atoms with Crippen LogP contribution in [0.3, 0.4) is 0 Å². The van der Waals surface area contributed by atoms with Crippen molar-refractivity contribution in [2.45, 2.75) is 18.4 Å². The topological polar surface area (TPSA) is 44.4 Å². The smallest absolute Gasteiger partial charge is 0.319 e. The van der Waals surface area contributed by atoms with Gasteiger partial charge in [-0.15, -0.1) is 0 Å². The fourth-order valence-electron chi connectivity index (χ4n) is 2.64. The molecular weight excluding hydrogens is 310 g/mol. The van der Waals surface area contributed by atoms with Crippen LogP contribution >= 0.6 is 11.6 Å². The molecule has 0 saturated heterocycles. The number of amides is 2. The first-order chi connectivity index (χ1) is 11.0. The van der Waals surface area contributed by atoms with E-state index in [1.54, 1.807) is 0 Å². The van der Waals surface area contributed by atoms with Gasteiger partial charge in [0.25, 0.3) is 0 Å². The van der Waals surface area contributed by atoms with Crippen LogP contribution in [0.5, 0.6) is 0 Å². The van der Waals surface area contributed by atoms with Crippen molar-refractivity contribution in [1.82, 2.24) is 5.32 Å². The van der Waals surface area contributed by atoms with Gasteiger partial charge in [0.15, 0.2) is 0 Å². The van der Waals surface area contributed by atoms with E-state index in [1.807, 2.05) is 61.5 Å². The first kappa shape index (κ1) is 15.7. The molecule has 1 saturated carbocycles. The number of carbonyl (C=O) groups is 1. The second kappa shape index (κ2) is 6.50. The maximum absolute atomic E-state index is 12.1. The van der Waals surface area contributed by atoms with Crippen molar-refractivity contribution in [3.63, 3.8) is 0 Å². The first-order valence-corrected chi connectivity index (χ1v) is 8.01. The highest BCUT2D eigenvalue weighted by Gasteiger charge is 2.39. The summed E-state index contributed by atoms with van der Waals surface area (Å²) in [5, 5.41) is 6.61. The van der Waals surface area contributed by atoms with Gasteiger partial charge in [-0.05, 0) is 48.4 Å². The summed E-state index contributed by atoms with van der Waals surface area (Å²) in [6.07, 6.45) is 0.952. The number of hydrogen-bond acceptors (Lipinski definition) is 2. The van der Waals surface area contributed by atoms with Crippen LogP contribution in [0.15, 0.2) is 48.5 Å². The molecule has 0 radical (unpaired) electrons. The van der Waals surface area contributed by atoms with Crippen LogP contribution in [0.2, 0.25) is 5.02 Å². The molecule has 2 amide bonds. The number of nitrogens with one attached hydrogen (secondary N) is 2. The summed E-state index contributed by atoms with van der Waals surface area (Å²) in [7, 11) is 3.97. The Hall–Kier alpha value is -2.20. The number of rotatable bonds is 4. The average Bonchev–Trinajstić information content (AvgIpc) is 3.26. The molecule has 0 aromatic heterocycles. The molecule has 2 unspecified atom stereocenters. The number of urea groups is 1. The van der Waals surface area contributed by atoms with Gasteiger partial charge >= 0.3 is 6.03 Å². The van der Waals surface area contributed by atoms with Crippen LogP contribution in [-0.2, 0) is 0 Å². The molecule has 3 rings (SSSR count). The number of anilines is 2. The van der Waals surface area contributed by atoms with Crippen LogP contribution in [0.1, 0.15) is 17.9 Å². The molecule has 0 heterocycles. The highest BCUT2D eigenvalue weighted by atomic mass is 35.5. The molecule has 120 valence electrons. The van der Waals surface area contributed by atoms with E-state index in [-0.39, 0.29) is 12.1 Å². The second-order valence-corrected chi connectivity index (χ2v) is 6.48. The van der Waals surface area contributed by atoms with Crippen molar-refractivity contribution in [3.8, 4) is 0 Å². The monoisotopic (exact) mass is 329 g/mol. The van der Waals surface area contributed by atoms with E-state index in [9.17, 15) is 4.79 Å². The third-order valence-electron chi connectivity index (χ3n) is 4.03. The van der Waals surface area contributed by atoms with Gasteiger partial charge in [-0.1, -0.05) is 23.7 Å². The lowest BCUT2D eigenvalue weighted by Crippen LogP contribution is -2.31. The van der Waals surface area contributed by atoms with Gasteiger partial charge < -0.3 is 15.5 Å². The van der Waals surface area contributed by atoms with Crippen molar-refractivity contribution in [3.05, 3.63) is 59.1 Å². The van der Waals surface area contributed by atoms with Crippen molar-refractivity contribution in [2.75, 3.05) is 24.3 Å². The molecule has 5 heteroatoms. The highest BCUT2D eigenvalue weighted by Crippen LogP contribution is 2.41. The Morgan fingerprint density at radius 2 is 1.91 bits per heavy atom. The van der Waals surface area contributed by atoms with Crippen molar-refractivity contribution >= 4 is 29.0 Å². The van der Waals surface area contributed by atoms with E-state index in [0.717, 1.165) is 22.8 Å². The van der Waals surface area contributed by atoms with Crippen LogP contribution in [0.4, 0.5) is 16.2 Å². The summed E-state index contributed by atoms with van der Waals surface area (Å²) >= 11 is 6.01. The molecule has 23 heavy (non-hydrogen) atoms. The minimum atomic E-state index is -0.169. The number of hydrogen-bond donors (Lipinski definition) is 2. The molecule has 1 fully saturated rings. The first-order valence-electron chi connectivity index (χ1n) is 7.63. The van der Waals surface area contributed by atoms with Gasteiger partial charge in [-0.2, -0.15) is 0 Å². The summed E-state index contributed by atoms with van der Waals surface area (Å²) in [6.45, 7) is 0. The number of carbonyl (C=O) groups excluding carboxylic acids is 1. The Labute approximate surface area is 141 Å². The van der Waals surface area contributed by atoms with Crippen LogP contribution in [-0.4, -0.2) is 26.2 Å². The average molecular weight is 330 g/mol. The third kappa shape index (κ3) is 3.96. The van der Waals surface area contributed by atoms with E-state index in [2.05, 4.69) is 16.7 Å². The lowest BCUT2D eigenvalue weighted by atomic mass is 10.1. The fourth-order valence-corrected chi connectivity index (χ4v) is 2.84. The lowest BCUT2D eigenvalue weighted by molar-refractivity contribution is 0.251. The number of nitrogens with zero attached hydrogens (tertiary/aromatic N) is 1. The Bertz CT molecular complexity index is 700. The van der Waals surface area contributed by atoms with E-state index in [4.69, 9.17) is 11.6 Å². The summed E-state index contributed by atoms with van der Waals surface area (Å²) in [5.74, 6) is 0.357. The summed E-state index contributed by atoms with van der Waals surface area (Å²) in [4.78, 5) is 14.1. The maximum Gasteiger partial charge on any atom is 0.319 e. The molecular formula is C18H20ClN3O. The summed E-state index contributed by atoms with van der Waals surface area (Å²) in [6, 6.07) is 15.6. The highest BCUT2D eigenvalue weighted by molar-refractivity contribution is 6.30. The molecule has 0 aliphatic heterocycles. The molecule has 1 aliphatic carbocycles. The normalized spacial score (nSPS) is 19.1. The van der Waals surface area contributed by atoms with E-state index >= 15 is 0 Å². The predicted molar refractivity (Wildman–Crippen MR) is 95.5 cm³/mol. The quantitative estimate of drug-likeness (QED) is 0.887. The summed E-state index contributed by atoms with van der Waals surface area (Å²) in [5.41, 5.74) is 3.06. The van der Waals surface area contributed by atoms with E-state index in [1.165, 1.54) is 5.56 Å². The SMILES string of the molecule is CN(C)c1ccc(NC(=O)NC2CC2c2cccc(Cl)c2)cc1. The lowest BCUT2D eigenvalue weighted by Gasteiger charge is -2.13. The second-order valence-electron chi connectivity index (χ2n) is 6.04. The van der Waals surface area contributed by atoms with Crippen molar-refractivity contribution < 1.29 is 4.79 Å². The minimum absolute atomic E-state index is 0.169. The molecule has 1 aliphatic rings. The van der Waals surface area contributed by atoms with Crippen molar-refractivity contribution in [2.24, 2.45) is 0 Å². The molecule has 2 atom stereocenters. The van der Waals surface area contributed by atoms with Crippen molar-refractivity contribution in [1.29, 1.82) is 0 Å². The largest absolute Gasteiger partial charge is 0.378 e. The maximum atomic E-state index is 12.1. The molecule has 2 aromatic carbocycles.